The van der Waals surface area contributed by atoms with Crippen molar-refractivity contribution < 1.29 is 14.4 Å². The first-order valence-corrected chi connectivity index (χ1v) is 11.8. The number of benzene rings is 1. The van der Waals surface area contributed by atoms with Gasteiger partial charge in [0.1, 0.15) is 11.9 Å². The summed E-state index contributed by atoms with van der Waals surface area (Å²) in [5, 5.41) is 2.36. The number of carbonyl (C=O) groups excluding carboxylic acids is 3. The Hall–Kier alpha value is -2.96. The summed E-state index contributed by atoms with van der Waals surface area (Å²) in [6, 6.07) is 5.28. The van der Waals surface area contributed by atoms with Crippen LogP contribution >= 0.6 is 0 Å². The number of hydrogen-bond acceptors (Lipinski definition) is 4. The second kappa shape index (κ2) is 7.02. The summed E-state index contributed by atoms with van der Waals surface area (Å²) in [7, 11) is 2.10. The van der Waals surface area contributed by atoms with E-state index in [-0.39, 0.29) is 29.6 Å². The van der Waals surface area contributed by atoms with E-state index in [4.69, 9.17) is 4.98 Å². The highest BCUT2D eigenvalue weighted by Crippen LogP contribution is 2.51. The maximum atomic E-state index is 13.0. The highest BCUT2D eigenvalue weighted by Gasteiger charge is 2.44. The summed E-state index contributed by atoms with van der Waals surface area (Å²) in [4.78, 5) is 43.4. The van der Waals surface area contributed by atoms with E-state index >= 15 is 0 Å². The van der Waals surface area contributed by atoms with Crippen molar-refractivity contribution >= 4 is 17.7 Å². The van der Waals surface area contributed by atoms with E-state index in [1.54, 1.807) is 4.90 Å². The lowest BCUT2D eigenvalue weighted by atomic mass is 9.60. The molecule has 32 heavy (non-hydrogen) atoms. The number of amides is 3. The number of nitrogens with zero attached hydrogens (tertiary/aromatic N) is 3. The number of rotatable bonds is 3. The smallest absolute Gasteiger partial charge is 0.255 e. The van der Waals surface area contributed by atoms with E-state index in [1.165, 1.54) is 44.3 Å². The van der Waals surface area contributed by atoms with Crippen LogP contribution in [0.15, 0.2) is 24.4 Å². The Kier molecular flexibility index (Phi) is 4.32. The largest absolute Gasteiger partial charge is 0.337 e. The summed E-state index contributed by atoms with van der Waals surface area (Å²) < 4.78 is 2.20. The summed E-state index contributed by atoms with van der Waals surface area (Å²) in [5.74, 6) is 1.33. The van der Waals surface area contributed by atoms with Gasteiger partial charge in [0.25, 0.3) is 5.91 Å². The molecule has 7 rings (SSSR count). The molecule has 1 aromatic heterocycles. The molecule has 1 N–H and O–H groups in total. The third-order valence-corrected chi connectivity index (χ3v) is 8.26. The molecular formula is C25H28N4O3. The van der Waals surface area contributed by atoms with E-state index < -0.39 is 6.04 Å². The van der Waals surface area contributed by atoms with E-state index in [0.717, 1.165) is 22.7 Å². The molecule has 3 heterocycles. The molecule has 4 fully saturated rings. The topological polar surface area (TPSA) is 84.3 Å². The second-order valence-electron chi connectivity index (χ2n) is 10.1. The number of imidazole rings is 1. The predicted molar refractivity (Wildman–Crippen MR) is 118 cm³/mol. The van der Waals surface area contributed by atoms with Gasteiger partial charge in [0, 0.05) is 42.8 Å². The van der Waals surface area contributed by atoms with E-state index in [9.17, 15) is 14.4 Å². The Labute approximate surface area is 187 Å². The van der Waals surface area contributed by atoms with Gasteiger partial charge in [-0.3, -0.25) is 19.7 Å². The maximum Gasteiger partial charge on any atom is 0.255 e. The van der Waals surface area contributed by atoms with Crippen LogP contribution in [0.5, 0.6) is 0 Å². The van der Waals surface area contributed by atoms with Gasteiger partial charge in [-0.05, 0) is 68.6 Å². The number of aromatic nitrogens is 2. The Morgan fingerprint density at radius 1 is 1.06 bits per heavy atom. The molecule has 0 spiro atoms. The lowest BCUT2D eigenvalue weighted by Crippen LogP contribution is -2.52. The van der Waals surface area contributed by atoms with Crippen molar-refractivity contribution in [3.63, 3.8) is 0 Å². The van der Waals surface area contributed by atoms with E-state index in [0.29, 0.717) is 18.5 Å². The van der Waals surface area contributed by atoms with Gasteiger partial charge in [-0.15, -0.1) is 0 Å². The number of imide groups is 1. The molecule has 2 bridgehead atoms. The minimum atomic E-state index is -0.585. The standard InChI is InChI=1S/C25H28N4O3/c1-28-14-19(26-24(28)25-9-6-15(7-10-25)8-11-25)16-2-3-18-17(12-16)13-29(23(18)32)20-4-5-21(30)27-22(20)31/h2-3,12,14-15,20H,4-11,13H2,1H3,(H,27,30,31)/t15?,20-,25?/m1/s1. The summed E-state index contributed by atoms with van der Waals surface area (Å²) in [6.07, 6.45) is 10.4. The number of piperidine rings is 1. The van der Waals surface area contributed by atoms with Crippen LogP contribution in [0, 0.1) is 5.92 Å². The summed E-state index contributed by atoms with van der Waals surface area (Å²) in [6.45, 7) is 0.388. The normalized spacial score (nSPS) is 29.4. The van der Waals surface area contributed by atoms with Gasteiger partial charge in [-0.25, -0.2) is 4.98 Å². The van der Waals surface area contributed by atoms with Crippen molar-refractivity contribution in [3.05, 3.63) is 41.3 Å². The predicted octanol–water partition coefficient (Wildman–Crippen LogP) is 3.07. The van der Waals surface area contributed by atoms with Crippen LogP contribution in [0.3, 0.4) is 0 Å². The highest BCUT2D eigenvalue weighted by atomic mass is 16.2. The molecule has 166 valence electrons. The van der Waals surface area contributed by atoms with Gasteiger partial charge >= 0.3 is 0 Å². The van der Waals surface area contributed by atoms with Crippen molar-refractivity contribution in [2.24, 2.45) is 13.0 Å². The zero-order chi connectivity index (χ0) is 22.0. The number of fused-ring (bicyclic) bond motifs is 4. The molecule has 7 nitrogen and oxygen atoms in total. The maximum absolute atomic E-state index is 13.0. The van der Waals surface area contributed by atoms with Gasteiger partial charge < -0.3 is 9.47 Å². The molecule has 5 aliphatic rings. The SMILES string of the molecule is Cn1cc(-c2ccc3c(c2)CN([C@@H]2CCC(=O)NC2=O)C3=O)nc1C12CCC(CC1)CC2. The molecule has 3 amide bonds. The van der Waals surface area contributed by atoms with Crippen molar-refractivity contribution in [3.8, 4) is 11.3 Å². The zero-order valence-corrected chi connectivity index (χ0v) is 18.4. The molecule has 0 unspecified atom stereocenters. The fourth-order valence-corrected chi connectivity index (χ4v) is 6.42. The summed E-state index contributed by atoms with van der Waals surface area (Å²) in [5.41, 5.74) is 3.72. The Balaban J connectivity index is 1.28. The van der Waals surface area contributed by atoms with Gasteiger partial charge in [0.2, 0.25) is 11.8 Å². The molecule has 1 atom stereocenters. The van der Waals surface area contributed by atoms with E-state index in [1.807, 2.05) is 18.2 Å². The fourth-order valence-electron chi connectivity index (χ4n) is 6.42. The second-order valence-corrected chi connectivity index (χ2v) is 10.1. The lowest BCUT2D eigenvalue weighted by molar-refractivity contribution is -0.136. The van der Waals surface area contributed by atoms with Crippen LogP contribution in [-0.2, 0) is 28.6 Å². The van der Waals surface area contributed by atoms with Crippen molar-refractivity contribution in [2.45, 2.75) is 69.4 Å². The Morgan fingerprint density at radius 2 is 1.81 bits per heavy atom. The fraction of sp³-hybridized carbons (Fsp3) is 0.520. The van der Waals surface area contributed by atoms with Gasteiger partial charge in [0.05, 0.1) is 5.69 Å². The molecule has 3 aliphatic carbocycles. The third-order valence-electron chi connectivity index (χ3n) is 8.26. The molecule has 0 radical (unpaired) electrons. The molecule has 2 aliphatic heterocycles. The van der Waals surface area contributed by atoms with Crippen molar-refractivity contribution in [2.75, 3.05) is 0 Å². The first-order chi connectivity index (χ1) is 15.4. The minimum Gasteiger partial charge on any atom is -0.337 e. The van der Waals surface area contributed by atoms with Crippen LogP contribution in [0.25, 0.3) is 11.3 Å². The van der Waals surface area contributed by atoms with Gasteiger partial charge in [-0.2, -0.15) is 0 Å². The minimum absolute atomic E-state index is 0.138. The number of hydrogen-bond donors (Lipinski definition) is 1. The lowest BCUT2D eigenvalue weighted by Gasteiger charge is -2.45. The van der Waals surface area contributed by atoms with Crippen LogP contribution < -0.4 is 5.32 Å². The zero-order valence-electron chi connectivity index (χ0n) is 18.4. The van der Waals surface area contributed by atoms with Crippen molar-refractivity contribution in [1.29, 1.82) is 0 Å². The average molecular weight is 433 g/mol. The molecular weight excluding hydrogens is 404 g/mol. The van der Waals surface area contributed by atoms with E-state index in [2.05, 4.69) is 23.1 Å². The van der Waals surface area contributed by atoms with Crippen LogP contribution in [0.2, 0.25) is 0 Å². The Bertz CT molecular complexity index is 1130. The molecule has 1 saturated heterocycles. The quantitative estimate of drug-likeness (QED) is 0.756. The first-order valence-electron chi connectivity index (χ1n) is 11.8. The average Bonchev–Trinajstić information content (AvgIpc) is 3.35. The molecule has 3 saturated carbocycles. The number of nitrogens with one attached hydrogen (secondary N) is 1. The highest BCUT2D eigenvalue weighted by molar-refractivity contribution is 6.05. The van der Waals surface area contributed by atoms with Gasteiger partial charge in [0.15, 0.2) is 0 Å². The van der Waals surface area contributed by atoms with Gasteiger partial charge in [-0.1, -0.05) is 6.07 Å². The van der Waals surface area contributed by atoms with Crippen molar-refractivity contribution in [1.82, 2.24) is 19.8 Å². The Morgan fingerprint density at radius 3 is 2.53 bits per heavy atom. The number of carbonyl (C=O) groups is 3. The number of aryl methyl sites for hydroxylation is 1. The summed E-state index contributed by atoms with van der Waals surface area (Å²) >= 11 is 0. The van der Waals surface area contributed by atoms with Crippen LogP contribution in [-0.4, -0.2) is 38.2 Å². The van der Waals surface area contributed by atoms with Crippen LogP contribution in [0.1, 0.15) is 73.1 Å². The van der Waals surface area contributed by atoms with Crippen LogP contribution in [0.4, 0.5) is 0 Å². The first kappa shape index (κ1) is 19.7. The molecule has 7 heteroatoms. The molecule has 1 aromatic carbocycles. The monoisotopic (exact) mass is 432 g/mol. The third kappa shape index (κ3) is 2.93. The molecule has 2 aromatic rings.